The first kappa shape index (κ1) is 16.8. The lowest BCUT2D eigenvalue weighted by atomic mass is 10.1. The first-order valence-corrected chi connectivity index (χ1v) is 7.29. The fraction of sp³-hybridized carbons (Fsp3) is 0.176. The minimum atomic E-state index is -0.837. The second-order valence-corrected chi connectivity index (χ2v) is 5.37. The molecule has 0 aromatic heterocycles. The Labute approximate surface area is 138 Å². The molecule has 0 radical (unpaired) electrons. The summed E-state index contributed by atoms with van der Waals surface area (Å²) in [5.41, 5.74) is 1.09. The molecule has 1 atom stereocenters. The van der Waals surface area contributed by atoms with Crippen molar-refractivity contribution in [2.24, 2.45) is 0 Å². The molecule has 1 amide bonds. The summed E-state index contributed by atoms with van der Waals surface area (Å²) in [5.74, 6) is -1.04. The Morgan fingerprint density at radius 1 is 1.22 bits per heavy atom. The predicted molar refractivity (Wildman–Crippen MR) is 86.5 cm³/mol. The molecule has 0 aliphatic carbocycles. The number of ether oxygens (including phenoxy) is 1. The maximum atomic E-state index is 12.2. The number of methoxy groups -OCH3 is 1. The quantitative estimate of drug-likeness (QED) is 0.825. The number of nitrogens with one attached hydrogen (secondary N) is 1. The van der Waals surface area contributed by atoms with Gasteiger partial charge in [-0.25, -0.2) is 4.79 Å². The number of rotatable bonds is 5. The number of benzene rings is 2. The van der Waals surface area contributed by atoms with Gasteiger partial charge in [0, 0.05) is 17.0 Å². The number of halogens is 1. The van der Waals surface area contributed by atoms with Crippen molar-refractivity contribution in [3.05, 3.63) is 64.7 Å². The summed E-state index contributed by atoms with van der Waals surface area (Å²) in [6.45, 7) is 0. The molecule has 0 spiro atoms. The average molecular weight is 334 g/mol. The minimum absolute atomic E-state index is 0.0232. The molecule has 0 saturated carbocycles. The molecule has 0 unspecified atom stereocenters. The van der Waals surface area contributed by atoms with Gasteiger partial charge in [-0.2, -0.15) is 0 Å². The fourth-order valence-corrected chi connectivity index (χ4v) is 2.21. The van der Waals surface area contributed by atoms with Crippen LogP contribution in [0.4, 0.5) is 0 Å². The van der Waals surface area contributed by atoms with Crippen LogP contribution in [0.25, 0.3) is 0 Å². The highest BCUT2D eigenvalue weighted by molar-refractivity contribution is 6.30. The number of phenols is 1. The van der Waals surface area contributed by atoms with Crippen LogP contribution in [0.3, 0.4) is 0 Å². The minimum Gasteiger partial charge on any atom is -0.508 e. The summed E-state index contributed by atoms with van der Waals surface area (Å²) in [5, 5.41) is 12.6. The van der Waals surface area contributed by atoms with Crippen LogP contribution in [0.5, 0.6) is 5.75 Å². The van der Waals surface area contributed by atoms with E-state index in [2.05, 4.69) is 5.32 Å². The number of esters is 1. The average Bonchev–Trinajstić information content (AvgIpc) is 2.55. The highest BCUT2D eigenvalue weighted by Gasteiger charge is 2.22. The summed E-state index contributed by atoms with van der Waals surface area (Å²) in [7, 11) is 1.26. The van der Waals surface area contributed by atoms with Crippen molar-refractivity contribution < 1.29 is 19.4 Å². The molecule has 0 aliphatic rings. The number of carbonyl (C=O) groups excluding carboxylic acids is 2. The lowest BCUT2D eigenvalue weighted by Crippen LogP contribution is -2.43. The first-order chi connectivity index (χ1) is 11.0. The van der Waals surface area contributed by atoms with Crippen LogP contribution in [0.1, 0.15) is 15.9 Å². The van der Waals surface area contributed by atoms with Gasteiger partial charge in [0.15, 0.2) is 0 Å². The Hall–Kier alpha value is -2.53. The highest BCUT2D eigenvalue weighted by atomic mass is 35.5. The third-order valence-electron chi connectivity index (χ3n) is 3.25. The Kier molecular flexibility index (Phi) is 5.60. The molecule has 2 aromatic carbocycles. The summed E-state index contributed by atoms with van der Waals surface area (Å²) in [4.78, 5) is 24.1. The first-order valence-electron chi connectivity index (χ1n) is 6.92. The van der Waals surface area contributed by atoms with Gasteiger partial charge in [-0.05, 0) is 35.9 Å². The van der Waals surface area contributed by atoms with E-state index in [4.69, 9.17) is 16.3 Å². The van der Waals surface area contributed by atoms with Gasteiger partial charge in [-0.1, -0.05) is 29.8 Å². The van der Waals surface area contributed by atoms with E-state index in [1.807, 2.05) is 0 Å². The maximum absolute atomic E-state index is 12.2. The molecule has 2 rings (SSSR count). The molecular weight excluding hydrogens is 318 g/mol. The number of aromatic hydroxyl groups is 1. The summed E-state index contributed by atoms with van der Waals surface area (Å²) in [6.07, 6.45) is 0.272. The van der Waals surface area contributed by atoms with Gasteiger partial charge < -0.3 is 15.2 Å². The van der Waals surface area contributed by atoms with E-state index in [0.717, 1.165) is 5.56 Å². The van der Waals surface area contributed by atoms with Crippen molar-refractivity contribution in [2.75, 3.05) is 7.11 Å². The van der Waals surface area contributed by atoms with Gasteiger partial charge in [0.2, 0.25) is 0 Å². The molecule has 0 bridgehead atoms. The zero-order valence-electron chi connectivity index (χ0n) is 12.5. The van der Waals surface area contributed by atoms with Crippen molar-refractivity contribution in [3.8, 4) is 5.75 Å². The van der Waals surface area contributed by atoms with E-state index in [-0.39, 0.29) is 17.7 Å². The van der Waals surface area contributed by atoms with E-state index in [9.17, 15) is 14.7 Å². The molecule has 120 valence electrons. The van der Waals surface area contributed by atoms with E-state index >= 15 is 0 Å². The topological polar surface area (TPSA) is 75.6 Å². The van der Waals surface area contributed by atoms with Gasteiger partial charge in [-0.15, -0.1) is 0 Å². The standard InChI is InChI=1S/C17H16ClNO4/c1-23-17(22)15(9-11-5-7-13(18)8-6-11)19-16(21)12-3-2-4-14(20)10-12/h2-8,10,15,20H,9H2,1H3,(H,19,21)/t15-/m0/s1. The number of phenolic OH excluding ortho intramolecular Hbond substituents is 1. The van der Waals surface area contributed by atoms with Crippen LogP contribution < -0.4 is 5.32 Å². The van der Waals surface area contributed by atoms with Crippen molar-refractivity contribution in [1.82, 2.24) is 5.32 Å². The van der Waals surface area contributed by atoms with Crippen LogP contribution in [-0.2, 0) is 16.0 Å². The number of hydrogen-bond acceptors (Lipinski definition) is 4. The Morgan fingerprint density at radius 3 is 2.52 bits per heavy atom. The summed E-state index contributed by atoms with van der Waals surface area (Å²) in [6, 6.07) is 12.0. The van der Waals surface area contributed by atoms with Gasteiger partial charge in [-0.3, -0.25) is 4.79 Å². The second kappa shape index (κ2) is 7.65. The molecular formula is C17H16ClNO4. The zero-order valence-corrected chi connectivity index (χ0v) is 13.2. The SMILES string of the molecule is COC(=O)[C@H](Cc1ccc(Cl)cc1)NC(=O)c1cccc(O)c1. The lowest BCUT2D eigenvalue weighted by Gasteiger charge is -2.17. The largest absolute Gasteiger partial charge is 0.508 e. The molecule has 23 heavy (non-hydrogen) atoms. The molecule has 0 fully saturated rings. The van der Waals surface area contributed by atoms with Gasteiger partial charge in [0.05, 0.1) is 7.11 Å². The number of hydrogen-bond donors (Lipinski definition) is 2. The Bertz CT molecular complexity index is 700. The fourth-order valence-electron chi connectivity index (χ4n) is 2.08. The van der Waals surface area contributed by atoms with Crippen LogP contribution in [-0.4, -0.2) is 30.1 Å². The highest BCUT2D eigenvalue weighted by Crippen LogP contribution is 2.13. The van der Waals surface area contributed by atoms with E-state index in [0.29, 0.717) is 5.02 Å². The molecule has 0 aliphatic heterocycles. The third-order valence-corrected chi connectivity index (χ3v) is 3.50. The lowest BCUT2D eigenvalue weighted by molar-refractivity contribution is -0.142. The second-order valence-electron chi connectivity index (χ2n) is 4.93. The predicted octanol–water partition coefficient (Wildman–Crippen LogP) is 2.56. The molecule has 5 nitrogen and oxygen atoms in total. The number of carbonyl (C=O) groups is 2. The van der Waals surface area contributed by atoms with Crippen molar-refractivity contribution >= 4 is 23.5 Å². The van der Waals surface area contributed by atoms with Crippen LogP contribution >= 0.6 is 11.6 Å². The molecule has 2 aromatic rings. The van der Waals surface area contributed by atoms with Crippen LogP contribution in [0, 0.1) is 0 Å². The zero-order chi connectivity index (χ0) is 16.8. The van der Waals surface area contributed by atoms with E-state index < -0.39 is 17.9 Å². The Morgan fingerprint density at radius 2 is 1.91 bits per heavy atom. The van der Waals surface area contributed by atoms with Crippen molar-refractivity contribution in [2.45, 2.75) is 12.5 Å². The molecule has 2 N–H and O–H groups in total. The van der Waals surface area contributed by atoms with Crippen molar-refractivity contribution in [3.63, 3.8) is 0 Å². The van der Waals surface area contributed by atoms with Gasteiger partial charge in [0.25, 0.3) is 5.91 Å². The molecule has 0 heterocycles. The van der Waals surface area contributed by atoms with Crippen LogP contribution in [0.15, 0.2) is 48.5 Å². The van der Waals surface area contributed by atoms with E-state index in [1.165, 1.54) is 19.2 Å². The molecule has 0 saturated heterocycles. The smallest absolute Gasteiger partial charge is 0.328 e. The monoisotopic (exact) mass is 333 g/mol. The van der Waals surface area contributed by atoms with Gasteiger partial charge in [0.1, 0.15) is 11.8 Å². The number of amides is 1. The van der Waals surface area contributed by atoms with Crippen molar-refractivity contribution in [1.29, 1.82) is 0 Å². The Balaban J connectivity index is 2.13. The normalized spacial score (nSPS) is 11.6. The summed E-state index contributed by atoms with van der Waals surface area (Å²) < 4.78 is 4.74. The van der Waals surface area contributed by atoms with Crippen LogP contribution in [0.2, 0.25) is 5.02 Å². The van der Waals surface area contributed by atoms with Gasteiger partial charge >= 0.3 is 5.97 Å². The maximum Gasteiger partial charge on any atom is 0.328 e. The van der Waals surface area contributed by atoms with E-state index in [1.54, 1.807) is 36.4 Å². The third kappa shape index (κ3) is 4.72. The summed E-state index contributed by atoms with van der Waals surface area (Å²) >= 11 is 5.83. The molecule has 6 heteroatoms.